The van der Waals surface area contributed by atoms with Gasteiger partial charge in [0.1, 0.15) is 6.10 Å². The Morgan fingerprint density at radius 1 is 0.917 bits per heavy atom. The largest absolute Gasteiger partial charge is 0.462 e. The maximum absolute atomic E-state index is 12.5. The van der Waals surface area contributed by atoms with Crippen molar-refractivity contribution in [3.8, 4) is 0 Å². The molecule has 0 aliphatic heterocycles. The minimum atomic E-state index is -0.0749. The smallest absolute Gasteiger partial charge is 0.302 e. The van der Waals surface area contributed by atoms with Gasteiger partial charge in [0.15, 0.2) is 0 Å². The van der Waals surface area contributed by atoms with Gasteiger partial charge in [0.2, 0.25) is 0 Å². The van der Waals surface area contributed by atoms with Crippen molar-refractivity contribution in [3.05, 3.63) is 11.6 Å². The number of esters is 1. The predicted octanol–water partition coefficient (Wildman–Crippen LogP) is 9.62. The van der Waals surface area contributed by atoms with Crippen LogP contribution in [0.5, 0.6) is 0 Å². The highest BCUT2D eigenvalue weighted by molar-refractivity contribution is 5.66. The number of hydrogen-bond donors (Lipinski definition) is 0. The highest BCUT2D eigenvalue weighted by Gasteiger charge is 2.71. The fraction of sp³-hybridized carbons (Fsp3) is 0.912. The van der Waals surface area contributed by atoms with Crippen molar-refractivity contribution < 1.29 is 9.53 Å². The molecule has 4 aliphatic carbocycles. The number of hydrogen-bond acceptors (Lipinski definition) is 2. The van der Waals surface area contributed by atoms with Crippen LogP contribution in [-0.4, -0.2) is 12.1 Å². The Morgan fingerprint density at radius 2 is 1.56 bits per heavy atom. The van der Waals surface area contributed by atoms with Crippen LogP contribution in [0.15, 0.2) is 11.6 Å². The number of ether oxygens (including phenoxy) is 1. The minimum absolute atomic E-state index is 0.0684. The molecule has 4 aliphatic rings. The summed E-state index contributed by atoms with van der Waals surface area (Å²) in [6.45, 7) is 26.6. The van der Waals surface area contributed by atoms with Gasteiger partial charge in [-0.05, 0) is 122 Å². The zero-order valence-electron chi connectivity index (χ0n) is 25.7. The van der Waals surface area contributed by atoms with Crippen LogP contribution >= 0.6 is 0 Å². The Labute approximate surface area is 223 Å². The molecule has 4 unspecified atom stereocenters. The first-order valence-electron chi connectivity index (χ1n) is 15.3. The van der Waals surface area contributed by atoms with E-state index in [9.17, 15) is 4.79 Å². The summed E-state index contributed by atoms with van der Waals surface area (Å²) in [4.78, 5) is 12.5. The van der Waals surface area contributed by atoms with Crippen LogP contribution in [0.25, 0.3) is 0 Å². The van der Waals surface area contributed by atoms with Crippen molar-refractivity contribution >= 4 is 5.97 Å². The second-order valence-corrected chi connectivity index (χ2v) is 16.1. The Bertz CT molecular complexity index is 878. The quantitative estimate of drug-likeness (QED) is 0.278. The van der Waals surface area contributed by atoms with Crippen LogP contribution < -0.4 is 0 Å². The Kier molecular flexibility index (Phi) is 7.17. The molecule has 0 bridgehead atoms. The average Bonchev–Trinajstić information content (AvgIpc) is 3.12. The van der Waals surface area contributed by atoms with E-state index in [0.717, 1.165) is 24.7 Å². The molecule has 0 aromatic heterocycles. The van der Waals surface area contributed by atoms with Gasteiger partial charge in [-0.3, -0.25) is 4.79 Å². The molecule has 0 N–H and O–H groups in total. The van der Waals surface area contributed by atoms with Gasteiger partial charge in [-0.25, -0.2) is 0 Å². The van der Waals surface area contributed by atoms with Crippen LogP contribution in [-0.2, 0) is 9.53 Å². The van der Waals surface area contributed by atoms with Crippen molar-refractivity contribution in [2.45, 2.75) is 140 Å². The molecular formula is C34H58O2. The van der Waals surface area contributed by atoms with E-state index in [4.69, 9.17) is 4.74 Å². The number of rotatable bonds is 5. The molecule has 0 spiro atoms. The molecule has 0 aromatic carbocycles. The monoisotopic (exact) mass is 498 g/mol. The molecule has 36 heavy (non-hydrogen) atoms. The van der Waals surface area contributed by atoms with Gasteiger partial charge in [0.25, 0.3) is 0 Å². The summed E-state index contributed by atoms with van der Waals surface area (Å²) in [6, 6.07) is 0. The lowest BCUT2D eigenvalue weighted by molar-refractivity contribution is -0.242. The Hall–Kier alpha value is -0.790. The highest BCUT2D eigenvalue weighted by Crippen LogP contribution is 2.76. The van der Waals surface area contributed by atoms with Gasteiger partial charge >= 0.3 is 5.97 Å². The molecule has 2 heteroatoms. The van der Waals surface area contributed by atoms with Crippen molar-refractivity contribution in [2.24, 2.45) is 56.7 Å². The zero-order chi connectivity index (χ0) is 26.9. The van der Waals surface area contributed by atoms with Crippen LogP contribution in [0, 0.1) is 56.7 Å². The van der Waals surface area contributed by atoms with Crippen LogP contribution in [0.2, 0.25) is 0 Å². The molecule has 0 aromatic rings. The van der Waals surface area contributed by atoms with Gasteiger partial charge in [0.05, 0.1) is 0 Å². The second-order valence-electron chi connectivity index (χ2n) is 16.1. The van der Waals surface area contributed by atoms with E-state index in [1.54, 1.807) is 6.92 Å². The van der Waals surface area contributed by atoms with E-state index in [1.807, 2.05) is 0 Å². The van der Waals surface area contributed by atoms with E-state index >= 15 is 0 Å². The number of allylic oxidation sites excluding steroid dienone is 2. The lowest BCUT2D eigenvalue weighted by Crippen LogP contribution is -2.66. The topological polar surface area (TPSA) is 26.3 Å². The molecule has 0 radical (unpaired) electrons. The van der Waals surface area contributed by atoms with Crippen molar-refractivity contribution in [1.29, 1.82) is 0 Å². The van der Waals surface area contributed by atoms with E-state index in [1.165, 1.54) is 50.5 Å². The lowest BCUT2D eigenvalue weighted by atomic mass is 9.34. The molecule has 4 fully saturated rings. The van der Waals surface area contributed by atoms with Gasteiger partial charge in [0, 0.05) is 12.8 Å². The average molecular weight is 499 g/mol. The molecular weight excluding hydrogens is 440 g/mol. The van der Waals surface area contributed by atoms with Crippen molar-refractivity contribution in [1.82, 2.24) is 0 Å². The number of carbonyl (C=O) groups is 1. The first kappa shape index (κ1) is 28.2. The second kappa shape index (κ2) is 9.15. The molecule has 0 heterocycles. The van der Waals surface area contributed by atoms with Crippen LogP contribution in [0.1, 0.15) is 134 Å². The van der Waals surface area contributed by atoms with Crippen LogP contribution in [0.4, 0.5) is 0 Å². The molecule has 9 atom stereocenters. The summed E-state index contributed by atoms with van der Waals surface area (Å²) in [5.74, 6) is 3.20. The third kappa shape index (κ3) is 4.14. The van der Waals surface area contributed by atoms with Gasteiger partial charge < -0.3 is 4.74 Å². The van der Waals surface area contributed by atoms with E-state index in [2.05, 4.69) is 75.3 Å². The maximum atomic E-state index is 12.5. The summed E-state index contributed by atoms with van der Waals surface area (Å²) in [6.07, 6.45) is 13.9. The van der Waals surface area contributed by atoms with E-state index in [0.29, 0.717) is 34.0 Å². The standard InChI is InChI=1S/C34H58O2/c1-22(2)13-12-17-30(5,6)25-15-19-34(11)29(25)26(36-24(4)35)21-28-32(9)18-14-23(3)31(7,8)27(32)16-20-33(28,34)10/h13,23,25-29H,12,14-21H2,1-11H3/t23-,25?,26?,27?,28?,29-,32-,33+,34+/m0/s1. The maximum Gasteiger partial charge on any atom is 0.302 e. The molecule has 4 rings (SSSR count). The first-order chi connectivity index (χ1) is 16.5. The van der Waals surface area contributed by atoms with E-state index < -0.39 is 0 Å². The molecule has 2 nitrogen and oxygen atoms in total. The first-order valence-corrected chi connectivity index (χ1v) is 15.3. The molecule has 206 valence electrons. The molecule has 0 amide bonds. The normalized spacial score (nSPS) is 45.8. The summed E-state index contributed by atoms with van der Waals surface area (Å²) in [5, 5.41) is 0. The van der Waals surface area contributed by atoms with Crippen molar-refractivity contribution in [2.75, 3.05) is 0 Å². The SMILES string of the molecule is CC(=O)OC1CC2[C@@]3(C)CC[C@H](C)C(C)(C)C3CC[C@@]2(C)[C@]2(C)CCC(C(C)(C)CCC=C(C)C)[C@@H]12. The van der Waals surface area contributed by atoms with Gasteiger partial charge in [-0.2, -0.15) is 0 Å². The third-order valence-corrected chi connectivity index (χ3v) is 13.6. The number of fused-ring (bicyclic) bond motifs is 5. The fourth-order valence-corrected chi connectivity index (χ4v) is 11.0. The summed E-state index contributed by atoms with van der Waals surface area (Å²) >= 11 is 0. The van der Waals surface area contributed by atoms with Crippen LogP contribution in [0.3, 0.4) is 0 Å². The van der Waals surface area contributed by atoms with Gasteiger partial charge in [-0.1, -0.05) is 67.0 Å². The highest BCUT2D eigenvalue weighted by atomic mass is 16.5. The van der Waals surface area contributed by atoms with E-state index in [-0.39, 0.29) is 22.9 Å². The lowest BCUT2D eigenvalue weighted by Gasteiger charge is -2.71. The Balaban J connectivity index is 1.74. The summed E-state index contributed by atoms with van der Waals surface area (Å²) in [7, 11) is 0. The summed E-state index contributed by atoms with van der Waals surface area (Å²) in [5.41, 5.74) is 2.94. The summed E-state index contributed by atoms with van der Waals surface area (Å²) < 4.78 is 6.38. The Morgan fingerprint density at radius 3 is 2.17 bits per heavy atom. The third-order valence-electron chi connectivity index (χ3n) is 13.6. The van der Waals surface area contributed by atoms with Gasteiger partial charge in [-0.15, -0.1) is 0 Å². The van der Waals surface area contributed by atoms with Crippen molar-refractivity contribution in [3.63, 3.8) is 0 Å². The fourth-order valence-electron chi connectivity index (χ4n) is 11.0. The molecule has 0 saturated heterocycles. The predicted molar refractivity (Wildman–Crippen MR) is 152 cm³/mol. The zero-order valence-corrected chi connectivity index (χ0v) is 25.7. The molecule has 4 saturated carbocycles. The minimum Gasteiger partial charge on any atom is -0.462 e. The number of carbonyl (C=O) groups excluding carboxylic acids is 1.